The van der Waals surface area contributed by atoms with Crippen molar-refractivity contribution in [2.75, 3.05) is 31.4 Å². The van der Waals surface area contributed by atoms with Crippen LogP contribution in [0.1, 0.15) is 30.7 Å². The van der Waals surface area contributed by atoms with Gasteiger partial charge in [-0.25, -0.2) is 12.7 Å². The number of aryl methyl sites for hydroxylation is 1. The van der Waals surface area contributed by atoms with Gasteiger partial charge in [0, 0.05) is 24.7 Å². The van der Waals surface area contributed by atoms with Crippen LogP contribution in [0.15, 0.2) is 57.9 Å². The highest BCUT2D eigenvalue weighted by Crippen LogP contribution is 2.34. The molecule has 34 heavy (non-hydrogen) atoms. The molecule has 184 valence electrons. The highest BCUT2D eigenvalue weighted by Gasteiger charge is 2.32. The molecular formula is C25H32N2O6S. The van der Waals surface area contributed by atoms with Crippen LogP contribution in [0.5, 0.6) is 0 Å². The van der Waals surface area contributed by atoms with Crippen LogP contribution >= 0.6 is 0 Å². The van der Waals surface area contributed by atoms with Crippen molar-refractivity contribution in [2.45, 2.75) is 44.6 Å². The van der Waals surface area contributed by atoms with E-state index in [0.717, 1.165) is 15.4 Å². The maximum absolute atomic E-state index is 13.9. The molecule has 0 bridgehead atoms. The largest absolute Gasteiger partial charge is 0.390 e. The number of aliphatic hydroxyl groups is 1. The van der Waals surface area contributed by atoms with E-state index in [1.165, 1.54) is 0 Å². The molecule has 9 heteroatoms. The second kappa shape index (κ2) is 10.7. The summed E-state index contributed by atoms with van der Waals surface area (Å²) in [6, 6.07) is 14.3. The number of hydrogen-bond donors (Lipinski definition) is 1. The first-order chi connectivity index (χ1) is 16.0. The molecule has 0 spiro atoms. The molecular weight excluding hydrogens is 456 g/mol. The van der Waals surface area contributed by atoms with Crippen LogP contribution in [0.2, 0.25) is 0 Å². The third kappa shape index (κ3) is 6.04. The molecule has 1 heterocycles. The minimum atomic E-state index is -4.07. The summed E-state index contributed by atoms with van der Waals surface area (Å²) in [7, 11) is -2.53. The second-order valence-corrected chi connectivity index (χ2v) is 10.6. The van der Waals surface area contributed by atoms with Gasteiger partial charge in [0.05, 0.1) is 29.4 Å². The number of sulfonamides is 1. The molecule has 0 saturated carbocycles. The average Bonchev–Trinajstić information content (AvgIpc) is 3.11. The summed E-state index contributed by atoms with van der Waals surface area (Å²) in [5.74, 6) is 0.116. The normalized spacial score (nSPS) is 12.2. The second-order valence-electron chi connectivity index (χ2n) is 8.76. The Kier molecular flexibility index (Phi) is 8.14. The lowest BCUT2D eigenvalue weighted by Gasteiger charge is -2.23. The van der Waals surface area contributed by atoms with E-state index in [1.807, 2.05) is 24.3 Å². The fourth-order valence-corrected chi connectivity index (χ4v) is 5.07. The van der Waals surface area contributed by atoms with Gasteiger partial charge in [-0.05, 0) is 44.9 Å². The van der Waals surface area contributed by atoms with Crippen LogP contribution in [0.3, 0.4) is 0 Å². The minimum Gasteiger partial charge on any atom is -0.390 e. The molecule has 0 amide bonds. The number of benzene rings is 2. The Hall–Kier alpha value is -2.72. The summed E-state index contributed by atoms with van der Waals surface area (Å²) in [6.45, 7) is 7.31. The van der Waals surface area contributed by atoms with Crippen LogP contribution in [0.4, 0.5) is 5.88 Å². The van der Waals surface area contributed by atoms with Gasteiger partial charge in [-0.15, -0.1) is 0 Å². The lowest BCUT2D eigenvalue weighted by atomic mass is 9.96. The van der Waals surface area contributed by atoms with Gasteiger partial charge in [0.1, 0.15) is 6.73 Å². The molecule has 0 saturated heterocycles. The first-order valence-corrected chi connectivity index (χ1v) is 12.4. The van der Waals surface area contributed by atoms with E-state index < -0.39 is 15.6 Å². The summed E-state index contributed by atoms with van der Waals surface area (Å²) in [4.78, 5) is 0.119. The van der Waals surface area contributed by atoms with Gasteiger partial charge in [0.2, 0.25) is 5.88 Å². The summed E-state index contributed by atoms with van der Waals surface area (Å²) in [5, 5.41) is 14.0. The molecule has 1 aromatic heterocycles. The Morgan fingerprint density at radius 3 is 2.32 bits per heavy atom. The Morgan fingerprint density at radius 2 is 1.74 bits per heavy atom. The molecule has 0 aliphatic carbocycles. The van der Waals surface area contributed by atoms with E-state index in [1.54, 1.807) is 59.1 Å². The molecule has 0 atom stereocenters. The molecule has 0 unspecified atom stereocenters. The maximum atomic E-state index is 13.9. The zero-order valence-electron chi connectivity index (χ0n) is 20.2. The molecule has 2 aromatic carbocycles. The average molecular weight is 489 g/mol. The molecule has 0 fully saturated rings. The molecule has 3 aromatic rings. The fraction of sp³-hybridized carbons (Fsp3) is 0.400. The van der Waals surface area contributed by atoms with Crippen molar-refractivity contribution < 1.29 is 27.5 Å². The number of aromatic nitrogens is 1. The lowest BCUT2D eigenvalue weighted by molar-refractivity contribution is 0.0744. The Balaban J connectivity index is 2.02. The van der Waals surface area contributed by atoms with E-state index in [9.17, 15) is 13.5 Å². The van der Waals surface area contributed by atoms with Crippen molar-refractivity contribution in [1.82, 2.24) is 5.16 Å². The Labute approximate surface area is 201 Å². The SMILES string of the molecule is COCCOCN(c1onc(C)c1C)S(=O)(=O)c1ccccc1-c1ccc(CC(C)(C)O)cc1. The Morgan fingerprint density at radius 1 is 1.06 bits per heavy atom. The summed E-state index contributed by atoms with van der Waals surface area (Å²) in [6.07, 6.45) is 0.490. The van der Waals surface area contributed by atoms with Crippen LogP contribution in [-0.2, 0) is 25.9 Å². The highest BCUT2D eigenvalue weighted by molar-refractivity contribution is 7.93. The van der Waals surface area contributed by atoms with Gasteiger partial charge >= 0.3 is 0 Å². The van der Waals surface area contributed by atoms with Gasteiger partial charge in [-0.1, -0.05) is 47.6 Å². The van der Waals surface area contributed by atoms with Crippen molar-refractivity contribution in [3.8, 4) is 11.1 Å². The fourth-order valence-electron chi connectivity index (χ4n) is 3.51. The maximum Gasteiger partial charge on any atom is 0.269 e. The van der Waals surface area contributed by atoms with E-state index in [2.05, 4.69) is 5.16 Å². The number of ether oxygens (including phenoxy) is 2. The molecule has 0 aliphatic rings. The lowest BCUT2D eigenvalue weighted by Crippen LogP contribution is -2.34. The van der Waals surface area contributed by atoms with Gasteiger partial charge in [-0.2, -0.15) is 0 Å². The highest BCUT2D eigenvalue weighted by atomic mass is 32.2. The molecule has 0 aliphatic heterocycles. The Bertz CT molecular complexity index is 1200. The van der Waals surface area contributed by atoms with Gasteiger partial charge < -0.3 is 19.1 Å². The number of nitrogens with zero attached hydrogens (tertiary/aromatic N) is 2. The molecule has 0 radical (unpaired) electrons. The van der Waals surface area contributed by atoms with Gasteiger partial charge in [0.25, 0.3) is 10.0 Å². The standard InChI is InChI=1S/C25H32N2O6S/c1-18-19(2)26-33-24(18)27(17-32-15-14-31-5)34(29,30)23-9-7-6-8-22(23)21-12-10-20(11-13-21)16-25(3,4)28/h6-13,28H,14-17H2,1-5H3. The first-order valence-electron chi connectivity index (χ1n) is 11.0. The molecule has 1 N–H and O–H groups in total. The monoisotopic (exact) mass is 488 g/mol. The van der Waals surface area contributed by atoms with Gasteiger partial charge in [-0.3, -0.25) is 0 Å². The van der Waals surface area contributed by atoms with Gasteiger partial charge in [0.15, 0.2) is 0 Å². The third-order valence-corrected chi connectivity index (χ3v) is 7.12. The van der Waals surface area contributed by atoms with E-state index in [4.69, 9.17) is 14.0 Å². The summed E-state index contributed by atoms with van der Waals surface area (Å²) < 4.78 is 44.9. The molecule has 3 rings (SSSR count). The zero-order chi connectivity index (χ0) is 24.9. The minimum absolute atomic E-state index is 0.116. The summed E-state index contributed by atoms with van der Waals surface area (Å²) >= 11 is 0. The predicted molar refractivity (Wildman–Crippen MR) is 130 cm³/mol. The number of rotatable bonds is 11. The van der Waals surface area contributed by atoms with Crippen molar-refractivity contribution in [1.29, 1.82) is 0 Å². The zero-order valence-corrected chi connectivity index (χ0v) is 21.1. The van der Waals surface area contributed by atoms with Crippen LogP contribution in [0, 0.1) is 13.8 Å². The van der Waals surface area contributed by atoms with E-state index >= 15 is 0 Å². The van der Waals surface area contributed by atoms with E-state index in [0.29, 0.717) is 29.8 Å². The first kappa shape index (κ1) is 25.9. The van der Waals surface area contributed by atoms with Crippen LogP contribution < -0.4 is 4.31 Å². The predicted octanol–water partition coefficient (Wildman–Crippen LogP) is 4.09. The smallest absolute Gasteiger partial charge is 0.269 e. The third-order valence-electron chi connectivity index (χ3n) is 5.36. The quantitative estimate of drug-likeness (QED) is 0.320. The van der Waals surface area contributed by atoms with Crippen molar-refractivity contribution in [3.05, 3.63) is 65.4 Å². The van der Waals surface area contributed by atoms with Crippen molar-refractivity contribution in [2.24, 2.45) is 0 Å². The van der Waals surface area contributed by atoms with Crippen LogP contribution in [0.25, 0.3) is 11.1 Å². The summed E-state index contributed by atoms with van der Waals surface area (Å²) in [5.41, 5.74) is 2.63. The topological polar surface area (TPSA) is 102 Å². The van der Waals surface area contributed by atoms with Crippen molar-refractivity contribution >= 4 is 15.9 Å². The number of anilines is 1. The van der Waals surface area contributed by atoms with E-state index in [-0.39, 0.29) is 24.1 Å². The number of methoxy groups -OCH3 is 1. The number of hydrogen-bond acceptors (Lipinski definition) is 7. The van der Waals surface area contributed by atoms with Crippen LogP contribution in [-0.4, -0.2) is 51.3 Å². The van der Waals surface area contributed by atoms with Crippen molar-refractivity contribution in [3.63, 3.8) is 0 Å². The molecule has 8 nitrogen and oxygen atoms in total.